The van der Waals surface area contributed by atoms with Gasteiger partial charge in [-0.05, 0) is 30.7 Å². The molecule has 0 aliphatic heterocycles. The van der Waals surface area contributed by atoms with E-state index in [-0.39, 0.29) is 25.4 Å². The minimum Gasteiger partial charge on any atom is -0.354 e. The number of amides is 1. The summed E-state index contributed by atoms with van der Waals surface area (Å²) in [6.07, 6.45) is 1.39. The zero-order valence-electron chi connectivity index (χ0n) is 14.2. The van der Waals surface area contributed by atoms with Crippen LogP contribution in [0.3, 0.4) is 0 Å². The average molecular weight is 381 g/mol. The Bertz CT molecular complexity index is 836. The van der Waals surface area contributed by atoms with Gasteiger partial charge in [0, 0.05) is 11.6 Å². The molecule has 5 nitrogen and oxygen atoms in total. The summed E-state index contributed by atoms with van der Waals surface area (Å²) in [4.78, 5) is 12.0. The van der Waals surface area contributed by atoms with Gasteiger partial charge in [-0.3, -0.25) is 9.10 Å². The molecule has 0 aromatic heterocycles. The third kappa shape index (κ3) is 6.07. The maximum Gasteiger partial charge on any atom is 0.232 e. The highest BCUT2D eigenvalue weighted by atomic mass is 35.5. The third-order valence-corrected chi connectivity index (χ3v) is 5.05. The van der Waals surface area contributed by atoms with Gasteiger partial charge in [-0.2, -0.15) is 0 Å². The molecule has 2 aromatic rings. The molecule has 0 saturated heterocycles. The number of anilines is 1. The van der Waals surface area contributed by atoms with Crippen LogP contribution >= 0.6 is 11.6 Å². The van der Waals surface area contributed by atoms with Gasteiger partial charge in [-0.1, -0.05) is 47.5 Å². The summed E-state index contributed by atoms with van der Waals surface area (Å²) in [5.74, 6) is -0.150. The van der Waals surface area contributed by atoms with Gasteiger partial charge in [0.05, 0.1) is 24.9 Å². The van der Waals surface area contributed by atoms with Gasteiger partial charge in [0.2, 0.25) is 15.9 Å². The molecule has 7 heteroatoms. The molecule has 0 fully saturated rings. The summed E-state index contributed by atoms with van der Waals surface area (Å²) in [6, 6.07) is 14.3. The van der Waals surface area contributed by atoms with Crippen LogP contribution in [-0.2, 0) is 21.2 Å². The molecule has 2 rings (SSSR count). The van der Waals surface area contributed by atoms with E-state index in [1.807, 2.05) is 31.2 Å². The quantitative estimate of drug-likeness (QED) is 0.803. The molecule has 134 valence electrons. The number of rotatable bonds is 7. The van der Waals surface area contributed by atoms with E-state index in [0.717, 1.165) is 17.4 Å². The Hall–Kier alpha value is -2.05. The van der Waals surface area contributed by atoms with Crippen molar-refractivity contribution in [3.8, 4) is 0 Å². The number of aryl methyl sites for hydroxylation is 1. The van der Waals surface area contributed by atoms with Crippen molar-refractivity contribution in [1.29, 1.82) is 0 Å². The van der Waals surface area contributed by atoms with Gasteiger partial charge in [0.25, 0.3) is 0 Å². The Morgan fingerprint density at radius 1 is 1.16 bits per heavy atom. The summed E-state index contributed by atoms with van der Waals surface area (Å²) in [6.45, 7) is 2.34. The van der Waals surface area contributed by atoms with Gasteiger partial charge < -0.3 is 5.32 Å². The standard InChI is InChI=1S/C18H21ClN2O3S/c1-14-6-8-15(9-7-14)12-18(22)20-10-11-21(25(2,23)24)17-5-3-4-16(19)13-17/h3-9,13H,10-12H2,1-2H3,(H,20,22). The number of carbonyl (C=O) groups is 1. The van der Waals surface area contributed by atoms with E-state index in [4.69, 9.17) is 11.6 Å². The number of carbonyl (C=O) groups excluding carboxylic acids is 1. The summed E-state index contributed by atoms with van der Waals surface area (Å²) >= 11 is 5.93. The molecule has 1 N–H and O–H groups in total. The molecule has 25 heavy (non-hydrogen) atoms. The second-order valence-corrected chi connectivity index (χ2v) is 8.17. The van der Waals surface area contributed by atoms with Crippen molar-refractivity contribution in [2.45, 2.75) is 13.3 Å². The number of hydrogen-bond donors (Lipinski definition) is 1. The van der Waals surface area contributed by atoms with Crippen molar-refractivity contribution < 1.29 is 13.2 Å². The number of nitrogens with zero attached hydrogens (tertiary/aromatic N) is 1. The molecule has 2 aromatic carbocycles. The van der Waals surface area contributed by atoms with E-state index in [1.54, 1.807) is 24.3 Å². The molecule has 0 heterocycles. The van der Waals surface area contributed by atoms with Crippen LogP contribution in [0, 0.1) is 6.92 Å². The summed E-state index contributed by atoms with van der Waals surface area (Å²) in [5.41, 5.74) is 2.52. The van der Waals surface area contributed by atoms with Gasteiger partial charge in [0.1, 0.15) is 0 Å². The third-order valence-electron chi connectivity index (χ3n) is 3.62. The minimum atomic E-state index is -3.47. The summed E-state index contributed by atoms with van der Waals surface area (Å²) < 4.78 is 25.3. The Balaban J connectivity index is 1.95. The SMILES string of the molecule is Cc1ccc(CC(=O)NCCN(c2cccc(Cl)c2)S(C)(=O)=O)cc1. The first kappa shape index (κ1) is 19.3. The highest BCUT2D eigenvalue weighted by molar-refractivity contribution is 7.92. The fourth-order valence-corrected chi connectivity index (χ4v) is 3.47. The lowest BCUT2D eigenvalue weighted by molar-refractivity contribution is -0.120. The van der Waals surface area contributed by atoms with Crippen LogP contribution in [-0.4, -0.2) is 33.7 Å². The van der Waals surface area contributed by atoms with E-state index in [2.05, 4.69) is 5.32 Å². The van der Waals surface area contributed by atoms with Crippen molar-refractivity contribution in [2.75, 3.05) is 23.7 Å². The van der Waals surface area contributed by atoms with Crippen LogP contribution in [0.5, 0.6) is 0 Å². The van der Waals surface area contributed by atoms with E-state index < -0.39 is 10.0 Å². The molecular formula is C18H21ClN2O3S. The maximum absolute atomic E-state index is 12.0. The van der Waals surface area contributed by atoms with Gasteiger partial charge in [0.15, 0.2) is 0 Å². The van der Waals surface area contributed by atoms with Crippen LogP contribution in [0.4, 0.5) is 5.69 Å². The zero-order valence-corrected chi connectivity index (χ0v) is 15.8. The van der Waals surface area contributed by atoms with E-state index in [1.165, 1.54) is 4.31 Å². The molecule has 1 amide bonds. The predicted octanol–water partition coefficient (Wildman–Crippen LogP) is 2.77. The molecule has 0 atom stereocenters. The predicted molar refractivity (Wildman–Crippen MR) is 102 cm³/mol. The summed E-state index contributed by atoms with van der Waals surface area (Å²) in [5, 5.41) is 3.21. The van der Waals surface area contributed by atoms with Gasteiger partial charge in [-0.15, -0.1) is 0 Å². The Morgan fingerprint density at radius 3 is 2.44 bits per heavy atom. The van der Waals surface area contributed by atoms with Crippen LogP contribution in [0.1, 0.15) is 11.1 Å². The van der Waals surface area contributed by atoms with Crippen LogP contribution in [0.15, 0.2) is 48.5 Å². The molecule has 0 unspecified atom stereocenters. The Kier molecular flexibility index (Phi) is 6.45. The Morgan fingerprint density at radius 2 is 1.84 bits per heavy atom. The lowest BCUT2D eigenvalue weighted by atomic mass is 10.1. The lowest BCUT2D eigenvalue weighted by Gasteiger charge is -2.22. The number of sulfonamides is 1. The van der Waals surface area contributed by atoms with Crippen LogP contribution in [0.25, 0.3) is 0 Å². The smallest absolute Gasteiger partial charge is 0.232 e. The molecule has 0 bridgehead atoms. The first-order chi connectivity index (χ1) is 11.8. The number of hydrogen-bond acceptors (Lipinski definition) is 3. The van der Waals surface area contributed by atoms with Crippen molar-refractivity contribution in [1.82, 2.24) is 5.32 Å². The average Bonchev–Trinajstić information content (AvgIpc) is 2.52. The number of halogens is 1. The topological polar surface area (TPSA) is 66.5 Å². The largest absolute Gasteiger partial charge is 0.354 e. The molecule has 0 aliphatic carbocycles. The molecule has 0 spiro atoms. The lowest BCUT2D eigenvalue weighted by Crippen LogP contribution is -2.38. The minimum absolute atomic E-state index is 0.138. The maximum atomic E-state index is 12.0. The molecule has 0 saturated carbocycles. The van der Waals surface area contributed by atoms with Crippen molar-refractivity contribution >= 4 is 33.2 Å². The molecular weight excluding hydrogens is 360 g/mol. The van der Waals surface area contributed by atoms with Gasteiger partial charge in [-0.25, -0.2) is 8.42 Å². The van der Waals surface area contributed by atoms with Crippen molar-refractivity contribution in [3.05, 3.63) is 64.7 Å². The number of nitrogens with one attached hydrogen (secondary N) is 1. The summed E-state index contributed by atoms with van der Waals surface area (Å²) in [7, 11) is -3.47. The Labute approximate surface area is 153 Å². The highest BCUT2D eigenvalue weighted by Gasteiger charge is 2.17. The van der Waals surface area contributed by atoms with Crippen LogP contribution in [0.2, 0.25) is 5.02 Å². The molecule has 0 aliphatic rings. The molecule has 0 radical (unpaired) electrons. The second-order valence-electron chi connectivity index (χ2n) is 5.83. The number of benzene rings is 2. The first-order valence-corrected chi connectivity index (χ1v) is 10.0. The normalized spacial score (nSPS) is 11.2. The van der Waals surface area contributed by atoms with E-state index in [9.17, 15) is 13.2 Å². The van der Waals surface area contributed by atoms with Crippen molar-refractivity contribution in [3.63, 3.8) is 0 Å². The zero-order chi connectivity index (χ0) is 18.4. The monoisotopic (exact) mass is 380 g/mol. The van der Waals surface area contributed by atoms with E-state index >= 15 is 0 Å². The highest BCUT2D eigenvalue weighted by Crippen LogP contribution is 2.21. The van der Waals surface area contributed by atoms with Gasteiger partial charge >= 0.3 is 0 Å². The second kappa shape index (κ2) is 8.36. The van der Waals surface area contributed by atoms with E-state index in [0.29, 0.717) is 10.7 Å². The fourth-order valence-electron chi connectivity index (χ4n) is 2.37. The van der Waals surface area contributed by atoms with Crippen molar-refractivity contribution in [2.24, 2.45) is 0 Å². The first-order valence-electron chi connectivity index (χ1n) is 7.81. The van der Waals surface area contributed by atoms with Crippen LogP contribution < -0.4 is 9.62 Å². The fraction of sp³-hybridized carbons (Fsp3) is 0.278.